The number of nitrogens with one attached hydrogen (secondary N) is 2. The van der Waals surface area contributed by atoms with Crippen molar-refractivity contribution < 1.29 is 9.53 Å². The summed E-state index contributed by atoms with van der Waals surface area (Å²) in [6.07, 6.45) is 2.01. The van der Waals surface area contributed by atoms with E-state index < -0.39 is 0 Å². The first-order valence-corrected chi connectivity index (χ1v) is 8.27. The van der Waals surface area contributed by atoms with Gasteiger partial charge in [-0.15, -0.1) is 0 Å². The zero-order chi connectivity index (χ0) is 15.7. The topological polar surface area (TPSA) is 50.4 Å². The van der Waals surface area contributed by atoms with E-state index in [1.54, 1.807) is 0 Å². The molecular formula is C16H25BrN2O2. The molecule has 118 valence electrons. The normalized spacial score (nSPS) is 10.5. The van der Waals surface area contributed by atoms with Crippen molar-refractivity contribution in [2.24, 2.45) is 0 Å². The Hall–Kier alpha value is -1.07. The second-order valence-corrected chi connectivity index (χ2v) is 5.94. The third-order valence-corrected chi connectivity index (χ3v) is 3.44. The molecule has 21 heavy (non-hydrogen) atoms. The van der Waals surface area contributed by atoms with E-state index in [1.165, 1.54) is 0 Å². The van der Waals surface area contributed by atoms with Crippen LogP contribution in [-0.4, -0.2) is 25.6 Å². The summed E-state index contributed by atoms with van der Waals surface area (Å²) in [5.74, 6) is 0.722. The molecular weight excluding hydrogens is 332 g/mol. The van der Waals surface area contributed by atoms with E-state index in [9.17, 15) is 4.79 Å². The van der Waals surface area contributed by atoms with Crippen molar-refractivity contribution in [3.05, 3.63) is 27.7 Å². The maximum Gasteiger partial charge on any atom is 0.257 e. The molecule has 1 aromatic carbocycles. The molecule has 1 amide bonds. The molecule has 0 spiro atoms. The Morgan fingerprint density at radius 1 is 1.24 bits per heavy atom. The van der Waals surface area contributed by atoms with Crippen LogP contribution in [0.1, 0.15) is 37.8 Å². The summed E-state index contributed by atoms with van der Waals surface area (Å²) in [6.45, 7) is 8.59. The summed E-state index contributed by atoms with van der Waals surface area (Å²) in [7, 11) is 0. The van der Waals surface area contributed by atoms with Crippen molar-refractivity contribution >= 4 is 21.8 Å². The lowest BCUT2D eigenvalue weighted by atomic mass is 10.1. The predicted molar refractivity (Wildman–Crippen MR) is 89.7 cm³/mol. The molecule has 0 bridgehead atoms. The van der Waals surface area contributed by atoms with Crippen LogP contribution in [0.3, 0.4) is 0 Å². The average molecular weight is 357 g/mol. The van der Waals surface area contributed by atoms with Crippen LogP contribution >= 0.6 is 15.9 Å². The SMILES string of the molecule is CCCNCc1cc(Br)cc(C)c1OCC(=O)NCCC. The fourth-order valence-electron chi connectivity index (χ4n) is 1.99. The van der Waals surface area contributed by atoms with Crippen molar-refractivity contribution in [1.82, 2.24) is 10.6 Å². The smallest absolute Gasteiger partial charge is 0.257 e. The Bertz CT molecular complexity index is 464. The molecule has 0 heterocycles. The van der Waals surface area contributed by atoms with Crippen LogP contribution in [0, 0.1) is 6.92 Å². The number of hydrogen-bond acceptors (Lipinski definition) is 3. The lowest BCUT2D eigenvalue weighted by molar-refractivity contribution is -0.123. The van der Waals surface area contributed by atoms with Gasteiger partial charge in [0, 0.05) is 23.1 Å². The molecule has 0 saturated heterocycles. The molecule has 0 saturated carbocycles. The first kappa shape index (κ1) is 18.0. The third-order valence-electron chi connectivity index (χ3n) is 2.98. The lowest BCUT2D eigenvalue weighted by Gasteiger charge is -2.15. The highest BCUT2D eigenvalue weighted by Crippen LogP contribution is 2.28. The molecule has 0 atom stereocenters. The molecule has 0 aromatic heterocycles. The van der Waals surface area contributed by atoms with Gasteiger partial charge in [-0.25, -0.2) is 0 Å². The second-order valence-electron chi connectivity index (χ2n) is 5.03. The summed E-state index contributed by atoms with van der Waals surface area (Å²) < 4.78 is 6.76. The Kier molecular flexibility index (Phi) is 8.38. The van der Waals surface area contributed by atoms with Crippen LogP contribution in [0.2, 0.25) is 0 Å². The van der Waals surface area contributed by atoms with Crippen molar-refractivity contribution in [2.75, 3.05) is 19.7 Å². The van der Waals surface area contributed by atoms with Gasteiger partial charge in [-0.2, -0.15) is 0 Å². The molecule has 2 N–H and O–H groups in total. The Morgan fingerprint density at radius 3 is 2.62 bits per heavy atom. The van der Waals surface area contributed by atoms with Crippen LogP contribution in [0.5, 0.6) is 5.75 Å². The molecule has 0 fully saturated rings. The Labute approximate surface area is 135 Å². The van der Waals surface area contributed by atoms with Gasteiger partial charge in [-0.05, 0) is 44.0 Å². The van der Waals surface area contributed by atoms with E-state index in [4.69, 9.17) is 4.74 Å². The van der Waals surface area contributed by atoms with Gasteiger partial charge < -0.3 is 15.4 Å². The summed E-state index contributed by atoms with van der Waals surface area (Å²) >= 11 is 3.51. The Balaban J connectivity index is 2.71. The maximum absolute atomic E-state index is 11.7. The molecule has 0 aliphatic carbocycles. The minimum Gasteiger partial charge on any atom is -0.483 e. The molecule has 4 nitrogen and oxygen atoms in total. The lowest BCUT2D eigenvalue weighted by Crippen LogP contribution is -2.29. The molecule has 1 rings (SSSR count). The van der Waals surface area contributed by atoms with Crippen LogP contribution in [0.25, 0.3) is 0 Å². The first-order valence-electron chi connectivity index (χ1n) is 7.47. The number of halogens is 1. The van der Waals surface area contributed by atoms with Gasteiger partial charge in [0.05, 0.1) is 0 Å². The van der Waals surface area contributed by atoms with Crippen LogP contribution < -0.4 is 15.4 Å². The van der Waals surface area contributed by atoms with Crippen molar-refractivity contribution in [3.8, 4) is 5.75 Å². The highest BCUT2D eigenvalue weighted by atomic mass is 79.9. The number of carbonyl (C=O) groups excluding carboxylic acids is 1. The monoisotopic (exact) mass is 356 g/mol. The highest BCUT2D eigenvalue weighted by Gasteiger charge is 2.11. The largest absolute Gasteiger partial charge is 0.483 e. The number of aryl methyl sites for hydroxylation is 1. The molecule has 1 aromatic rings. The maximum atomic E-state index is 11.7. The molecule has 0 unspecified atom stereocenters. The molecule has 0 aliphatic rings. The quantitative estimate of drug-likeness (QED) is 0.668. The van der Waals surface area contributed by atoms with E-state index in [1.807, 2.05) is 26.0 Å². The average Bonchev–Trinajstić information content (AvgIpc) is 2.44. The minimum absolute atomic E-state index is 0.0588. The van der Waals surface area contributed by atoms with Crippen LogP contribution in [-0.2, 0) is 11.3 Å². The fraction of sp³-hybridized carbons (Fsp3) is 0.562. The predicted octanol–water partition coefficient (Wildman–Crippen LogP) is 3.16. The standard InChI is InChI=1S/C16H25BrN2O2/c1-4-6-18-10-13-9-14(17)8-12(3)16(13)21-11-15(20)19-7-5-2/h8-9,18H,4-7,10-11H2,1-3H3,(H,19,20). The fourth-order valence-corrected chi connectivity index (χ4v) is 2.61. The van der Waals surface area contributed by atoms with Crippen molar-refractivity contribution in [1.29, 1.82) is 0 Å². The summed E-state index contributed by atoms with van der Waals surface area (Å²) in [5.41, 5.74) is 2.10. The van der Waals surface area contributed by atoms with Gasteiger partial charge in [0.15, 0.2) is 6.61 Å². The van der Waals surface area contributed by atoms with Crippen LogP contribution in [0.15, 0.2) is 16.6 Å². The zero-order valence-electron chi connectivity index (χ0n) is 13.1. The molecule has 0 radical (unpaired) electrons. The van der Waals surface area contributed by atoms with E-state index in [-0.39, 0.29) is 12.5 Å². The van der Waals surface area contributed by atoms with E-state index >= 15 is 0 Å². The summed E-state index contributed by atoms with van der Waals surface area (Å²) in [4.78, 5) is 11.7. The second kappa shape index (κ2) is 9.79. The molecule has 0 aliphatic heterocycles. The van der Waals surface area contributed by atoms with Gasteiger partial charge in [0.1, 0.15) is 5.75 Å². The zero-order valence-corrected chi connectivity index (χ0v) is 14.7. The number of hydrogen-bond donors (Lipinski definition) is 2. The summed E-state index contributed by atoms with van der Waals surface area (Å²) in [5, 5.41) is 6.18. The molecule has 5 heteroatoms. The minimum atomic E-state index is -0.0772. The first-order chi connectivity index (χ1) is 10.1. The highest BCUT2D eigenvalue weighted by molar-refractivity contribution is 9.10. The number of amides is 1. The number of rotatable bonds is 9. The Morgan fingerprint density at radius 2 is 1.95 bits per heavy atom. The van der Waals surface area contributed by atoms with E-state index in [0.717, 1.165) is 47.3 Å². The number of carbonyl (C=O) groups is 1. The van der Waals surface area contributed by atoms with Crippen molar-refractivity contribution in [3.63, 3.8) is 0 Å². The van der Waals surface area contributed by atoms with E-state index in [0.29, 0.717) is 6.54 Å². The number of benzene rings is 1. The third kappa shape index (κ3) is 6.48. The van der Waals surface area contributed by atoms with Crippen LogP contribution in [0.4, 0.5) is 0 Å². The summed E-state index contributed by atoms with van der Waals surface area (Å²) in [6, 6.07) is 4.04. The van der Waals surface area contributed by atoms with E-state index in [2.05, 4.69) is 33.5 Å². The van der Waals surface area contributed by atoms with Gasteiger partial charge in [-0.1, -0.05) is 29.8 Å². The van der Waals surface area contributed by atoms with Crippen molar-refractivity contribution in [2.45, 2.75) is 40.2 Å². The van der Waals surface area contributed by atoms with Gasteiger partial charge >= 0.3 is 0 Å². The van der Waals surface area contributed by atoms with Gasteiger partial charge in [0.25, 0.3) is 5.91 Å². The van der Waals surface area contributed by atoms with Gasteiger partial charge in [-0.3, -0.25) is 4.79 Å². The number of ether oxygens (including phenoxy) is 1. The van der Waals surface area contributed by atoms with Gasteiger partial charge in [0.2, 0.25) is 0 Å².